The first-order chi connectivity index (χ1) is 17.0. The molecule has 2 bridgehead atoms. The third-order valence-electron chi connectivity index (χ3n) is 7.20. The molecular weight excluding hydrogens is 450 g/mol. The number of fused-ring (bicyclic) bond motifs is 3. The molecule has 0 amide bonds. The van der Waals surface area contributed by atoms with Crippen molar-refractivity contribution in [3.05, 3.63) is 71.8 Å². The van der Waals surface area contributed by atoms with E-state index >= 15 is 0 Å². The molecule has 2 N–H and O–H groups in total. The molecule has 1 saturated carbocycles. The van der Waals surface area contributed by atoms with E-state index in [0.717, 1.165) is 19.5 Å². The monoisotopic (exact) mass is 472 g/mol. The van der Waals surface area contributed by atoms with E-state index in [1.165, 1.54) is 25.3 Å². The van der Waals surface area contributed by atoms with E-state index < -0.39 is 11.6 Å². The number of methoxy groups -OCH3 is 1. The maximum absolute atomic E-state index is 14.7. The minimum atomic E-state index is -0.638. The molecular formula is C26H22F2N6O. The van der Waals surface area contributed by atoms with E-state index in [1.54, 1.807) is 24.4 Å². The average Bonchev–Trinajstić information content (AvgIpc) is 3.37. The molecule has 2 aromatic heterocycles. The number of piperidine rings is 2. The highest BCUT2D eigenvalue weighted by molar-refractivity contribution is 5.91. The molecule has 2 unspecified atom stereocenters. The topological polar surface area (TPSA) is 73.0 Å². The smallest absolute Gasteiger partial charge is 0.222 e. The number of anilines is 1. The predicted octanol–water partition coefficient (Wildman–Crippen LogP) is 4.68. The summed E-state index contributed by atoms with van der Waals surface area (Å²) < 4.78 is 36.4. The summed E-state index contributed by atoms with van der Waals surface area (Å²) in [6.45, 7) is 8.73. The van der Waals surface area contributed by atoms with Crippen LogP contribution in [0.15, 0.2) is 48.8 Å². The Kier molecular flexibility index (Phi) is 4.93. The summed E-state index contributed by atoms with van der Waals surface area (Å²) in [5.74, 6) is 0.453. The first-order valence-corrected chi connectivity index (χ1v) is 11.4. The molecule has 4 aromatic rings. The number of ether oxygens (including phenoxy) is 1. The van der Waals surface area contributed by atoms with Crippen LogP contribution in [0.1, 0.15) is 6.42 Å². The van der Waals surface area contributed by atoms with Crippen molar-refractivity contribution in [2.75, 3.05) is 25.1 Å². The van der Waals surface area contributed by atoms with Crippen LogP contribution in [-0.4, -0.2) is 40.6 Å². The van der Waals surface area contributed by atoms with Crippen molar-refractivity contribution >= 4 is 17.3 Å². The summed E-state index contributed by atoms with van der Waals surface area (Å²) in [6, 6.07) is 9.25. The van der Waals surface area contributed by atoms with Crippen LogP contribution in [0.5, 0.6) is 5.75 Å². The molecule has 3 aliphatic rings. The summed E-state index contributed by atoms with van der Waals surface area (Å²) in [5, 5.41) is 0. The highest BCUT2D eigenvalue weighted by Gasteiger charge is 2.45. The van der Waals surface area contributed by atoms with Crippen LogP contribution in [0.25, 0.3) is 32.9 Å². The van der Waals surface area contributed by atoms with Gasteiger partial charge in [0.25, 0.3) is 0 Å². The van der Waals surface area contributed by atoms with E-state index in [4.69, 9.17) is 22.0 Å². The SMILES string of the molecule is [C-]#[N+]c1ccc(-c2nc(N3CC4CC(C3)C4N)n3ccnc3c2-c2ccc(OC)c(F)c2)cc1F. The molecule has 35 heavy (non-hydrogen) atoms. The van der Waals surface area contributed by atoms with Crippen LogP contribution in [-0.2, 0) is 0 Å². The number of hydrogen-bond donors (Lipinski definition) is 1. The third-order valence-corrected chi connectivity index (χ3v) is 7.20. The van der Waals surface area contributed by atoms with Gasteiger partial charge >= 0.3 is 0 Å². The van der Waals surface area contributed by atoms with Gasteiger partial charge in [-0.1, -0.05) is 18.2 Å². The zero-order valence-corrected chi connectivity index (χ0v) is 18.9. The second-order valence-corrected chi connectivity index (χ2v) is 9.12. The maximum atomic E-state index is 14.7. The fraction of sp³-hybridized carbons (Fsp3) is 0.269. The van der Waals surface area contributed by atoms with Crippen molar-refractivity contribution in [1.82, 2.24) is 14.4 Å². The summed E-state index contributed by atoms with van der Waals surface area (Å²) in [6.07, 6.45) is 4.62. The molecule has 7 nitrogen and oxygen atoms in total. The van der Waals surface area contributed by atoms with E-state index in [0.29, 0.717) is 45.8 Å². The molecule has 2 atom stereocenters. The Morgan fingerprint density at radius 2 is 1.83 bits per heavy atom. The van der Waals surface area contributed by atoms with Gasteiger partial charge in [-0.05, 0) is 42.0 Å². The zero-order chi connectivity index (χ0) is 24.3. The largest absolute Gasteiger partial charge is 0.494 e. The van der Waals surface area contributed by atoms with Gasteiger partial charge in [0.1, 0.15) is 11.5 Å². The molecule has 3 fully saturated rings. The minimum Gasteiger partial charge on any atom is -0.494 e. The highest BCUT2D eigenvalue weighted by atomic mass is 19.1. The van der Waals surface area contributed by atoms with Gasteiger partial charge < -0.3 is 15.4 Å². The van der Waals surface area contributed by atoms with E-state index in [9.17, 15) is 8.78 Å². The first-order valence-electron chi connectivity index (χ1n) is 11.4. The van der Waals surface area contributed by atoms with E-state index in [2.05, 4.69) is 14.7 Å². The van der Waals surface area contributed by atoms with Crippen molar-refractivity contribution in [3.8, 4) is 28.1 Å². The maximum Gasteiger partial charge on any atom is 0.222 e. The molecule has 176 valence electrons. The lowest BCUT2D eigenvalue weighted by Gasteiger charge is -2.52. The van der Waals surface area contributed by atoms with Crippen LogP contribution in [0.3, 0.4) is 0 Å². The number of halogens is 2. The van der Waals surface area contributed by atoms with Gasteiger partial charge in [-0.15, -0.1) is 0 Å². The molecule has 1 aliphatic carbocycles. The lowest BCUT2D eigenvalue weighted by molar-refractivity contribution is 0.114. The second-order valence-electron chi connectivity index (χ2n) is 9.12. The molecule has 7 rings (SSSR count). The average molecular weight is 472 g/mol. The third kappa shape index (κ3) is 3.33. The number of benzene rings is 2. The molecule has 2 saturated heterocycles. The van der Waals surface area contributed by atoms with Crippen molar-refractivity contribution < 1.29 is 13.5 Å². The van der Waals surface area contributed by atoms with Crippen LogP contribution >= 0.6 is 0 Å². The van der Waals surface area contributed by atoms with Gasteiger partial charge in [-0.2, -0.15) is 0 Å². The second kappa shape index (κ2) is 8.03. The van der Waals surface area contributed by atoms with Crippen molar-refractivity contribution in [2.45, 2.75) is 12.5 Å². The molecule has 4 heterocycles. The van der Waals surface area contributed by atoms with Crippen LogP contribution < -0.4 is 15.4 Å². The molecule has 2 aromatic carbocycles. The number of aromatic nitrogens is 3. The number of nitrogens with zero attached hydrogens (tertiary/aromatic N) is 5. The number of nitrogens with two attached hydrogens (primary N) is 1. The first kappa shape index (κ1) is 21.5. The number of hydrogen-bond acceptors (Lipinski definition) is 5. The van der Waals surface area contributed by atoms with Crippen LogP contribution in [0, 0.1) is 30.0 Å². The molecule has 9 heteroatoms. The summed E-state index contributed by atoms with van der Waals surface area (Å²) in [7, 11) is 1.41. The Hall–Kier alpha value is -4.03. The summed E-state index contributed by atoms with van der Waals surface area (Å²) in [4.78, 5) is 15.0. The van der Waals surface area contributed by atoms with Crippen LogP contribution in [0.2, 0.25) is 0 Å². The molecule has 0 radical (unpaired) electrons. The van der Waals surface area contributed by atoms with Crippen molar-refractivity contribution in [2.24, 2.45) is 17.6 Å². The Labute approximate surface area is 200 Å². The zero-order valence-electron chi connectivity index (χ0n) is 18.9. The van der Waals surface area contributed by atoms with Crippen LogP contribution in [0.4, 0.5) is 20.4 Å². The van der Waals surface area contributed by atoms with Gasteiger partial charge in [-0.25, -0.2) is 23.6 Å². The fourth-order valence-electron chi connectivity index (χ4n) is 5.32. The van der Waals surface area contributed by atoms with Gasteiger partial charge in [0, 0.05) is 37.1 Å². The summed E-state index contributed by atoms with van der Waals surface area (Å²) in [5.41, 5.74) is 8.83. The van der Waals surface area contributed by atoms with Gasteiger partial charge in [0.05, 0.1) is 24.9 Å². The predicted molar refractivity (Wildman–Crippen MR) is 128 cm³/mol. The normalized spacial score (nSPS) is 21.0. The Morgan fingerprint density at radius 1 is 1.09 bits per heavy atom. The quantitative estimate of drug-likeness (QED) is 0.437. The van der Waals surface area contributed by atoms with Gasteiger partial charge in [0.15, 0.2) is 11.6 Å². The molecule has 0 spiro atoms. The summed E-state index contributed by atoms with van der Waals surface area (Å²) >= 11 is 0. The van der Waals surface area contributed by atoms with Gasteiger partial charge in [-0.3, -0.25) is 4.40 Å². The lowest BCUT2D eigenvalue weighted by atomic mass is 9.67. The molecule has 2 aliphatic heterocycles. The minimum absolute atomic E-state index is 0.0713. The van der Waals surface area contributed by atoms with Crippen molar-refractivity contribution in [1.29, 1.82) is 0 Å². The van der Waals surface area contributed by atoms with E-state index in [1.807, 2.05) is 10.6 Å². The fourth-order valence-corrected chi connectivity index (χ4v) is 5.32. The highest BCUT2D eigenvalue weighted by Crippen LogP contribution is 2.42. The Morgan fingerprint density at radius 3 is 2.49 bits per heavy atom. The number of rotatable bonds is 4. The van der Waals surface area contributed by atoms with Crippen molar-refractivity contribution in [3.63, 3.8) is 0 Å². The standard InChI is InChI=1S/C26H22F2N6O/c1-30-20-5-3-15(11-18(20)27)24-22(14-4-6-21(35-2)19(28)10-14)25-31-7-8-34(25)26(32-24)33-12-16-9-17(13-33)23(16)29/h3-8,10-11,16-17,23H,9,12-13,29H2,2H3. The Balaban J connectivity index is 1.59. The van der Waals surface area contributed by atoms with Gasteiger partial charge in [0.2, 0.25) is 11.6 Å². The van der Waals surface area contributed by atoms with E-state index in [-0.39, 0.29) is 17.5 Å². The lowest BCUT2D eigenvalue weighted by Crippen LogP contribution is -2.62. The Bertz CT molecular complexity index is 1500. The number of imidazole rings is 1.